The fourth-order valence-corrected chi connectivity index (χ4v) is 2.94. The van der Waals surface area contributed by atoms with Crippen molar-refractivity contribution in [1.29, 1.82) is 0 Å². The lowest BCUT2D eigenvalue weighted by Crippen LogP contribution is -2.35. The number of hydrogen-bond donors (Lipinski definition) is 2. The predicted octanol–water partition coefficient (Wildman–Crippen LogP) is 3.31. The van der Waals surface area contributed by atoms with E-state index in [1.54, 1.807) is 11.3 Å². The average Bonchev–Trinajstić information content (AvgIpc) is 2.97. The molecule has 128 valence electrons. The average molecular weight is 345 g/mol. The molecule has 2 rings (SSSR count). The fraction of sp³-hybridized carbons (Fsp3) is 0.389. The fourth-order valence-electron chi connectivity index (χ4n) is 2.03. The van der Waals surface area contributed by atoms with Crippen molar-refractivity contribution in [3.8, 4) is 0 Å². The number of hydrogen-bond acceptors (Lipinski definition) is 4. The smallest absolute Gasteiger partial charge is 0.313 e. The third-order valence-corrected chi connectivity index (χ3v) is 4.79. The minimum Gasteiger partial charge on any atom is -0.342 e. The zero-order chi connectivity index (χ0) is 17.9. The molecule has 0 aliphatic heterocycles. The molecule has 2 amide bonds. The highest BCUT2D eigenvalue weighted by Crippen LogP contribution is 2.25. The summed E-state index contributed by atoms with van der Waals surface area (Å²) in [7, 11) is 0. The highest BCUT2D eigenvalue weighted by molar-refractivity contribution is 7.09. The Morgan fingerprint density at radius 2 is 1.88 bits per heavy atom. The van der Waals surface area contributed by atoms with Crippen molar-refractivity contribution in [1.82, 2.24) is 10.3 Å². The maximum atomic E-state index is 12.0. The lowest BCUT2D eigenvalue weighted by atomic mass is 9.98. The molecule has 1 aromatic carbocycles. The number of carbonyl (C=O) groups excluding carboxylic acids is 2. The van der Waals surface area contributed by atoms with Gasteiger partial charge in [0.1, 0.15) is 0 Å². The summed E-state index contributed by atoms with van der Waals surface area (Å²) >= 11 is 1.56. The third kappa shape index (κ3) is 4.64. The molecule has 0 atom stereocenters. The summed E-state index contributed by atoms with van der Waals surface area (Å²) in [6, 6.07) is 5.71. The van der Waals surface area contributed by atoms with Gasteiger partial charge in [-0.05, 0) is 31.0 Å². The van der Waals surface area contributed by atoms with Gasteiger partial charge in [-0.15, -0.1) is 11.3 Å². The summed E-state index contributed by atoms with van der Waals surface area (Å²) in [4.78, 5) is 28.5. The van der Waals surface area contributed by atoms with E-state index >= 15 is 0 Å². The van der Waals surface area contributed by atoms with Crippen LogP contribution >= 0.6 is 11.3 Å². The van der Waals surface area contributed by atoms with Gasteiger partial charge >= 0.3 is 11.8 Å². The van der Waals surface area contributed by atoms with Gasteiger partial charge in [0, 0.05) is 16.5 Å². The van der Waals surface area contributed by atoms with Crippen LogP contribution in [-0.4, -0.2) is 16.8 Å². The Labute approximate surface area is 146 Å². The van der Waals surface area contributed by atoms with Crippen molar-refractivity contribution in [3.63, 3.8) is 0 Å². The SMILES string of the molecule is Cc1ccc(C)c(NC(=O)C(=O)NCc2csc(C(C)(C)C)n2)c1. The van der Waals surface area contributed by atoms with Gasteiger partial charge in [-0.3, -0.25) is 9.59 Å². The standard InChI is InChI=1S/C18H23N3O2S/c1-11-6-7-12(2)14(8-11)21-16(23)15(22)19-9-13-10-24-17(20-13)18(3,4)5/h6-8,10H,9H2,1-5H3,(H,19,22)(H,21,23). The number of carbonyl (C=O) groups is 2. The van der Waals surface area contributed by atoms with Crippen molar-refractivity contribution in [2.45, 2.75) is 46.6 Å². The number of benzene rings is 1. The molecule has 6 heteroatoms. The Morgan fingerprint density at radius 3 is 2.50 bits per heavy atom. The van der Waals surface area contributed by atoms with Gasteiger partial charge in [-0.2, -0.15) is 0 Å². The summed E-state index contributed by atoms with van der Waals surface area (Å²) in [6.07, 6.45) is 0. The summed E-state index contributed by atoms with van der Waals surface area (Å²) in [6.45, 7) is 10.3. The molecule has 0 saturated carbocycles. The first-order valence-corrected chi connectivity index (χ1v) is 8.66. The Hall–Kier alpha value is -2.21. The molecular formula is C18H23N3O2S. The summed E-state index contributed by atoms with van der Waals surface area (Å²) in [5, 5.41) is 8.17. The van der Waals surface area contributed by atoms with E-state index in [-0.39, 0.29) is 12.0 Å². The molecule has 0 bridgehead atoms. The Kier molecular flexibility index (Phi) is 5.39. The van der Waals surface area contributed by atoms with Crippen molar-refractivity contribution in [3.05, 3.63) is 45.4 Å². The van der Waals surface area contributed by atoms with Crippen LogP contribution in [0.1, 0.15) is 42.6 Å². The van der Waals surface area contributed by atoms with Crippen LogP contribution in [0.15, 0.2) is 23.6 Å². The van der Waals surface area contributed by atoms with E-state index in [2.05, 4.69) is 36.4 Å². The van der Waals surface area contributed by atoms with E-state index in [1.807, 2.05) is 37.4 Å². The van der Waals surface area contributed by atoms with Crippen LogP contribution in [-0.2, 0) is 21.5 Å². The summed E-state index contributed by atoms with van der Waals surface area (Å²) in [5.41, 5.74) is 3.33. The highest BCUT2D eigenvalue weighted by Gasteiger charge is 2.19. The molecule has 0 radical (unpaired) electrons. The number of amides is 2. The van der Waals surface area contributed by atoms with Gasteiger partial charge < -0.3 is 10.6 Å². The van der Waals surface area contributed by atoms with Crippen LogP contribution in [0.4, 0.5) is 5.69 Å². The molecule has 0 spiro atoms. The zero-order valence-electron chi connectivity index (χ0n) is 14.7. The molecule has 24 heavy (non-hydrogen) atoms. The van der Waals surface area contributed by atoms with Gasteiger partial charge in [0.25, 0.3) is 0 Å². The predicted molar refractivity (Wildman–Crippen MR) is 97.2 cm³/mol. The number of rotatable bonds is 3. The first-order valence-electron chi connectivity index (χ1n) is 7.78. The van der Waals surface area contributed by atoms with E-state index in [1.165, 1.54) is 0 Å². The van der Waals surface area contributed by atoms with Gasteiger partial charge in [0.05, 0.1) is 17.2 Å². The van der Waals surface area contributed by atoms with Crippen molar-refractivity contribution < 1.29 is 9.59 Å². The normalized spacial score (nSPS) is 11.2. The molecule has 1 aromatic heterocycles. The number of nitrogens with zero attached hydrogens (tertiary/aromatic N) is 1. The Balaban J connectivity index is 1.93. The minimum absolute atomic E-state index is 0.0208. The van der Waals surface area contributed by atoms with Crippen LogP contribution in [0.25, 0.3) is 0 Å². The highest BCUT2D eigenvalue weighted by atomic mass is 32.1. The van der Waals surface area contributed by atoms with Crippen molar-refractivity contribution in [2.75, 3.05) is 5.32 Å². The molecule has 0 aliphatic rings. The summed E-state index contributed by atoms with van der Waals surface area (Å²) in [5.74, 6) is -1.34. The van der Waals surface area contributed by atoms with Gasteiger partial charge in [0.15, 0.2) is 0 Å². The molecule has 2 aromatic rings. The Bertz CT molecular complexity index is 760. The van der Waals surface area contributed by atoms with E-state index in [0.717, 1.165) is 21.8 Å². The number of anilines is 1. The molecule has 5 nitrogen and oxygen atoms in total. The number of aromatic nitrogens is 1. The first kappa shape index (κ1) is 18.1. The third-order valence-electron chi connectivity index (χ3n) is 3.47. The van der Waals surface area contributed by atoms with E-state index in [9.17, 15) is 9.59 Å². The lowest BCUT2D eigenvalue weighted by Gasteiger charge is -2.13. The molecular weight excluding hydrogens is 322 g/mol. The maximum Gasteiger partial charge on any atom is 0.313 e. The quantitative estimate of drug-likeness (QED) is 0.839. The van der Waals surface area contributed by atoms with Gasteiger partial charge in [-0.1, -0.05) is 32.9 Å². The summed E-state index contributed by atoms with van der Waals surface area (Å²) < 4.78 is 0. The zero-order valence-corrected chi connectivity index (χ0v) is 15.5. The largest absolute Gasteiger partial charge is 0.342 e. The van der Waals surface area contributed by atoms with Crippen LogP contribution in [0, 0.1) is 13.8 Å². The maximum absolute atomic E-state index is 12.0. The topological polar surface area (TPSA) is 71.1 Å². The van der Waals surface area contributed by atoms with Gasteiger partial charge in [0.2, 0.25) is 0 Å². The molecule has 2 N–H and O–H groups in total. The number of nitrogens with one attached hydrogen (secondary N) is 2. The van der Waals surface area contributed by atoms with Gasteiger partial charge in [-0.25, -0.2) is 4.98 Å². The molecule has 0 fully saturated rings. The Morgan fingerprint density at radius 1 is 1.17 bits per heavy atom. The van der Waals surface area contributed by atoms with E-state index in [4.69, 9.17) is 0 Å². The van der Waals surface area contributed by atoms with Crippen molar-refractivity contribution >= 4 is 28.8 Å². The number of aryl methyl sites for hydroxylation is 2. The molecule has 0 unspecified atom stereocenters. The van der Waals surface area contributed by atoms with Crippen LogP contribution in [0.2, 0.25) is 0 Å². The lowest BCUT2D eigenvalue weighted by molar-refractivity contribution is -0.136. The minimum atomic E-state index is -0.671. The van der Waals surface area contributed by atoms with E-state index < -0.39 is 11.8 Å². The van der Waals surface area contributed by atoms with Crippen LogP contribution in [0.5, 0.6) is 0 Å². The van der Waals surface area contributed by atoms with Crippen LogP contribution in [0.3, 0.4) is 0 Å². The monoisotopic (exact) mass is 345 g/mol. The molecule has 0 aliphatic carbocycles. The molecule has 1 heterocycles. The van der Waals surface area contributed by atoms with Crippen LogP contribution < -0.4 is 10.6 Å². The second-order valence-corrected chi connectivity index (χ2v) is 7.71. The second-order valence-electron chi connectivity index (χ2n) is 6.85. The molecule has 0 saturated heterocycles. The second kappa shape index (κ2) is 7.13. The first-order chi connectivity index (χ1) is 11.2. The number of thiazole rings is 1. The van der Waals surface area contributed by atoms with Crippen molar-refractivity contribution in [2.24, 2.45) is 0 Å². The van der Waals surface area contributed by atoms with E-state index in [0.29, 0.717) is 5.69 Å².